The third kappa shape index (κ3) is 13.4. The first kappa shape index (κ1) is 38.6. The molecular weight excluding hydrogens is 575 g/mol. The number of aromatic nitrogens is 1. The average molecular weight is 594 g/mol. The van der Waals surface area contributed by atoms with Gasteiger partial charge in [-0.25, -0.2) is 25.3 Å². The van der Waals surface area contributed by atoms with Crippen LogP contribution in [0.25, 0.3) is 14.6 Å². The summed E-state index contributed by atoms with van der Waals surface area (Å²) in [4.78, 5) is 14.9. The number of hydrogen-bond donors (Lipinski definition) is 1. The Kier molecular flexibility index (Phi) is 17.3. The van der Waals surface area contributed by atoms with Crippen LogP contribution in [0.5, 0.6) is 0 Å². The van der Waals surface area contributed by atoms with Crippen LogP contribution in [-0.2, 0) is 30.1 Å². The summed E-state index contributed by atoms with van der Waals surface area (Å²) < 4.78 is 71.1. The molecular formula is C19H18N5Na3O7S3. The number of rotatable bonds is 3. The molecule has 0 unspecified atom stereocenters. The van der Waals surface area contributed by atoms with E-state index < -0.39 is 36.0 Å². The predicted octanol–water partition coefficient (Wildman–Crippen LogP) is -6.03. The van der Waals surface area contributed by atoms with Crippen LogP contribution in [0.2, 0.25) is 0 Å². The van der Waals surface area contributed by atoms with E-state index in [1.54, 1.807) is 24.3 Å². The summed E-state index contributed by atoms with van der Waals surface area (Å²) in [5, 5.41) is 5.91. The number of hydrogen-bond acceptors (Lipinski definition) is 9. The third-order valence-corrected chi connectivity index (χ3v) is 6.25. The number of nitrogens with two attached hydrogens (primary N) is 1. The van der Waals surface area contributed by atoms with Crippen molar-refractivity contribution in [2.75, 3.05) is 12.0 Å². The van der Waals surface area contributed by atoms with Crippen LogP contribution in [0.15, 0.2) is 82.7 Å². The van der Waals surface area contributed by atoms with Crippen LogP contribution < -0.4 is 94.4 Å². The minimum Gasteiger partial charge on any atom is -0.564 e. The van der Waals surface area contributed by atoms with E-state index in [1.807, 2.05) is 0 Å². The van der Waals surface area contributed by atoms with Crippen LogP contribution in [0, 0.1) is 0 Å². The second-order valence-electron chi connectivity index (χ2n) is 6.46. The van der Waals surface area contributed by atoms with Gasteiger partial charge in [0.25, 0.3) is 0 Å². The molecule has 3 aromatic rings. The molecule has 1 aromatic heterocycles. The molecule has 37 heavy (non-hydrogen) atoms. The molecule has 0 spiro atoms. The summed E-state index contributed by atoms with van der Waals surface area (Å²) in [5.74, 6) is -0.519. The van der Waals surface area contributed by atoms with Gasteiger partial charge in [-0.3, -0.25) is 0 Å². The summed E-state index contributed by atoms with van der Waals surface area (Å²) in [5.41, 5.74) is 6.15. The van der Waals surface area contributed by atoms with Crippen molar-refractivity contribution in [2.45, 2.75) is 9.79 Å². The molecule has 0 fully saturated rings. The summed E-state index contributed by atoms with van der Waals surface area (Å²) in [6.45, 7) is 0. The van der Waals surface area contributed by atoms with Gasteiger partial charge in [-0.05, 0) is 36.1 Å². The molecule has 0 saturated heterocycles. The number of nitrogens with one attached hydrogen (secondary N) is 1. The molecule has 4 rings (SSSR count). The Morgan fingerprint density at radius 2 is 1.41 bits per heavy atom. The molecule has 2 heterocycles. The van der Waals surface area contributed by atoms with E-state index in [9.17, 15) is 30.0 Å². The molecule has 12 nitrogen and oxygen atoms in total. The maximum Gasteiger partial charge on any atom is 1.00 e. The number of benzene rings is 2. The monoisotopic (exact) mass is 593 g/mol. The van der Waals surface area contributed by atoms with Crippen molar-refractivity contribution >= 4 is 47.5 Å². The van der Waals surface area contributed by atoms with E-state index in [0.717, 1.165) is 6.26 Å². The van der Waals surface area contributed by atoms with Crippen molar-refractivity contribution in [3.05, 3.63) is 93.1 Å². The number of carbonyl (C=O) groups is 1. The van der Waals surface area contributed by atoms with Gasteiger partial charge in [-0.1, -0.05) is 42.6 Å². The minimum atomic E-state index is -3.72. The molecule has 3 N–H and O–H groups in total. The molecule has 0 saturated carbocycles. The molecule has 0 atom stereocenters. The van der Waals surface area contributed by atoms with Gasteiger partial charge in [0.05, 0.1) is 25.7 Å². The van der Waals surface area contributed by atoms with Gasteiger partial charge in [-0.2, -0.15) is 0 Å². The minimum absolute atomic E-state index is 0. The Morgan fingerprint density at radius 3 is 1.89 bits per heavy atom. The number of amides is 1. The molecule has 1 amide bonds. The second-order valence-corrected chi connectivity index (χ2v) is 11.2. The Balaban J connectivity index is 0. The SMILES string of the molecule is CS([NH-])(=O)=O.Nc1ccc(S(=O)(=O)[N-]c2ccccn2)cc1.O=C1[N-]S(=O)(=O)c2ccccc21.[Na+].[Na+].[Na+]. The first-order chi connectivity index (χ1) is 15.7. The van der Waals surface area contributed by atoms with Crippen LogP contribution in [0.3, 0.4) is 0 Å². The summed E-state index contributed by atoms with van der Waals surface area (Å²) in [6, 6.07) is 16.7. The summed E-state index contributed by atoms with van der Waals surface area (Å²) >= 11 is 0. The van der Waals surface area contributed by atoms with Crippen LogP contribution in [0.1, 0.15) is 10.4 Å². The molecule has 0 bridgehead atoms. The molecule has 182 valence electrons. The Labute approximate surface area is 282 Å². The van der Waals surface area contributed by atoms with Gasteiger partial charge in [0.2, 0.25) is 10.0 Å². The van der Waals surface area contributed by atoms with Crippen LogP contribution in [-0.4, -0.2) is 42.4 Å². The van der Waals surface area contributed by atoms with Gasteiger partial charge in [0.1, 0.15) is 10.0 Å². The molecule has 0 radical (unpaired) electrons. The molecule has 18 heteroatoms. The van der Waals surface area contributed by atoms with Gasteiger partial charge in [0, 0.05) is 17.5 Å². The van der Waals surface area contributed by atoms with Crippen molar-refractivity contribution in [3.8, 4) is 0 Å². The fourth-order valence-corrected chi connectivity index (χ4v) is 4.34. The largest absolute Gasteiger partial charge is 1.00 e. The zero-order chi connectivity index (χ0) is 25.6. The topological polar surface area (TPSA) is 210 Å². The van der Waals surface area contributed by atoms with Crippen molar-refractivity contribution in [2.24, 2.45) is 0 Å². The number of fused-ring (bicyclic) bond motifs is 1. The fraction of sp³-hybridized carbons (Fsp3) is 0.0526. The van der Waals surface area contributed by atoms with E-state index in [0.29, 0.717) is 5.69 Å². The van der Waals surface area contributed by atoms with E-state index in [4.69, 9.17) is 10.9 Å². The van der Waals surface area contributed by atoms with Crippen molar-refractivity contribution in [1.29, 1.82) is 0 Å². The van der Waals surface area contributed by atoms with Gasteiger partial charge in [0.15, 0.2) is 0 Å². The van der Waals surface area contributed by atoms with Crippen LogP contribution in [0.4, 0.5) is 11.5 Å². The normalized spacial score (nSPS) is 12.6. The third-order valence-electron chi connectivity index (χ3n) is 3.64. The number of anilines is 1. The van der Waals surface area contributed by atoms with E-state index >= 15 is 0 Å². The first-order valence-corrected chi connectivity index (χ1v) is 13.8. The molecule has 1 aliphatic rings. The van der Waals surface area contributed by atoms with Crippen molar-refractivity contribution in [1.82, 2.24) is 4.98 Å². The molecule has 2 aromatic carbocycles. The van der Waals surface area contributed by atoms with Crippen LogP contribution >= 0.6 is 0 Å². The number of sulfonamides is 3. The fourth-order valence-electron chi connectivity index (χ4n) is 2.30. The smallest absolute Gasteiger partial charge is 0.564 e. The Hall–Kier alpha value is -0.530. The van der Waals surface area contributed by atoms with Gasteiger partial charge >= 0.3 is 88.7 Å². The Morgan fingerprint density at radius 1 is 0.892 bits per heavy atom. The number of nitrogen functional groups attached to an aromatic ring is 1. The summed E-state index contributed by atoms with van der Waals surface area (Å²) in [7, 11) is -10.8. The zero-order valence-electron chi connectivity index (χ0n) is 20.4. The second kappa shape index (κ2) is 16.5. The number of carbonyl (C=O) groups excluding carboxylic acids is 1. The van der Waals surface area contributed by atoms with Crippen molar-refractivity contribution < 1.29 is 119 Å². The zero-order valence-corrected chi connectivity index (χ0v) is 28.9. The maximum atomic E-state index is 11.9. The van der Waals surface area contributed by atoms with E-state index in [1.165, 1.54) is 48.7 Å². The quantitative estimate of drug-likeness (QED) is 0.226. The number of pyridine rings is 1. The van der Waals surface area contributed by atoms with Gasteiger partial charge < -0.3 is 30.1 Å². The predicted molar refractivity (Wildman–Crippen MR) is 126 cm³/mol. The van der Waals surface area contributed by atoms with E-state index in [2.05, 4.69) is 14.4 Å². The first-order valence-electron chi connectivity index (χ1n) is 8.99. The average Bonchev–Trinajstić information content (AvgIpc) is 2.97. The number of nitrogens with zero attached hydrogens (tertiary/aromatic N) is 3. The maximum absolute atomic E-state index is 11.9. The van der Waals surface area contributed by atoms with E-state index in [-0.39, 0.29) is 110 Å². The summed E-state index contributed by atoms with van der Waals surface area (Å²) in [6.07, 6.45) is 2.31. The standard InChI is InChI=1S/C11H10N3O2S.C7H5NO3S.CH4NO2S.3Na/c12-9-4-6-10(7-5-9)17(15,16)14-11-3-1-2-8-13-11;9-7-5-3-1-2-4-6(5)12(10,11)8-7;1-5(2,3)4;;;/h1-8H,12H2;1-4H,(H,8,9);1H3,(H-,2,3,4);;;/q-1;;-1;3*+1/p-1. The van der Waals surface area contributed by atoms with Crippen molar-refractivity contribution in [3.63, 3.8) is 0 Å². The molecule has 1 aliphatic heterocycles. The Bertz CT molecular complexity index is 1480. The van der Waals surface area contributed by atoms with Gasteiger partial charge in [-0.15, -0.1) is 0 Å². The molecule has 0 aliphatic carbocycles.